The fourth-order valence-electron chi connectivity index (χ4n) is 2.54. The number of hydrogen-bond donors (Lipinski definition) is 0. The van der Waals surface area contributed by atoms with Crippen LogP contribution in [0.1, 0.15) is 40.2 Å². The number of fused-ring (bicyclic) bond motifs is 1. The average molecular weight is 397 g/mol. The Hall–Kier alpha value is -0.685. The van der Waals surface area contributed by atoms with Crippen LogP contribution in [0.15, 0.2) is 33.8 Å². The van der Waals surface area contributed by atoms with E-state index in [-0.39, 0.29) is 5.73 Å². The molecule has 2 heterocycles. The van der Waals surface area contributed by atoms with E-state index in [9.17, 15) is 0 Å². The molecule has 1 aromatic carbocycles. The number of rotatable bonds is 2. The monoisotopic (exact) mass is 396 g/mol. The summed E-state index contributed by atoms with van der Waals surface area (Å²) >= 11 is 5.09. The Morgan fingerprint density at radius 2 is 1.78 bits per heavy atom. The van der Waals surface area contributed by atoms with Crippen LogP contribution in [-0.2, 0) is 9.31 Å². The van der Waals surface area contributed by atoms with Gasteiger partial charge in [0, 0.05) is 14.6 Å². The molecule has 1 fully saturated rings. The minimum Gasteiger partial charge on any atom is -0.398 e. The molecule has 2 nitrogen and oxygen atoms in total. The standard InChI is InChI=1S/C17H19BBrFO2S/c1-10(13-9-23-14-7-6-11(19)8-12(13)14)15(20)18-21-16(2,3)17(4,5)22-18/h6-9H,1-5H3. The van der Waals surface area contributed by atoms with Gasteiger partial charge < -0.3 is 9.31 Å². The van der Waals surface area contributed by atoms with Crippen molar-refractivity contribution in [3.63, 3.8) is 0 Å². The molecule has 3 rings (SSSR count). The topological polar surface area (TPSA) is 18.5 Å². The van der Waals surface area contributed by atoms with Crippen molar-refractivity contribution in [3.8, 4) is 0 Å². The van der Waals surface area contributed by atoms with E-state index >= 15 is 4.39 Å². The van der Waals surface area contributed by atoms with Crippen molar-refractivity contribution in [1.82, 2.24) is 0 Å². The molecule has 0 saturated carbocycles. The lowest BCUT2D eigenvalue weighted by atomic mass is 9.83. The van der Waals surface area contributed by atoms with Crippen molar-refractivity contribution in [2.75, 3.05) is 0 Å². The SMILES string of the molecule is CC(=C(F)B1OC(C)(C)C(C)(C)O1)c1csc2ccc(Br)cc12. The Balaban J connectivity index is 2.02. The lowest BCUT2D eigenvalue weighted by Gasteiger charge is -2.32. The summed E-state index contributed by atoms with van der Waals surface area (Å²) < 4.78 is 28.8. The van der Waals surface area contributed by atoms with E-state index in [1.807, 2.05) is 51.3 Å². The van der Waals surface area contributed by atoms with Crippen LogP contribution in [0, 0.1) is 0 Å². The molecular formula is C17H19BBrFO2S. The third-order valence-corrected chi connectivity index (χ3v) is 6.21. The highest BCUT2D eigenvalue weighted by Crippen LogP contribution is 2.41. The first kappa shape index (κ1) is 17.1. The zero-order valence-corrected chi connectivity index (χ0v) is 16.3. The molecule has 1 saturated heterocycles. The fraction of sp³-hybridized carbons (Fsp3) is 0.412. The lowest BCUT2D eigenvalue weighted by molar-refractivity contribution is 0.00578. The Kier molecular flexibility index (Phi) is 4.24. The summed E-state index contributed by atoms with van der Waals surface area (Å²) in [7, 11) is -0.956. The summed E-state index contributed by atoms with van der Waals surface area (Å²) in [5.41, 5.74) is -0.000893. The molecule has 0 bridgehead atoms. The molecule has 0 radical (unpaired) electrons. The predicted molar refractivity (Wildman–Crippen MR) is 99.3 cm³/mol. The number of halogens is 2. The van der Waals surface area contributed by atoms with Gasteiger partial charge in [-0.3, -0.25) is 0 Å². The van der Waals surface area contributed by atoms with E-state index in [0.29, 0.717) is 5.57 Å². The molecule has 0 spiro atoms. The number of hydrogen-bond acceptors (Lipinski definition) is 3. The molecule has 1 aromatic heterocycles. The lowest BCUT2D eigenvalue weighted by Crippen LogP contribution is -2.41. The van der Waals surface area contributed by atoms with Gasteiger partial charge in [0.25, 0.3) is 0 Å². The zero-order chi connectivity index (χ0) is 17.0. The minimum absolute atomic E-state index is 0.358. The molecule has 0 N–H and O–H groups in total. The largest absolute Gasteiger partial charge is 0.525 e. The first-order valence-corrected chi connectivity index (χ1v) is 9.19. The van der Waals surface area contributed by atoms with Crippen LogP contribution in [0.4, 0.5) is 4.39 Å². The molecule has 2 aromatic rings. The highest BCUT2D eigenvalue weighted by atomic mass is 79.9. The molecule has 122 valence electrons. The Morgan fingerprint density at radius 3 is 2.39 bits per heavy atom. The molecule has 0 amide bonds. The maximum absolute atomic E-state index is 15.0. The van der Waals surface area contributed by atoms with Gasteiger partial charge in [-0.1, -0.05) is 15.9 Å². The van der Waals surface area contributed by atoms with E-state index in [1.54, 1.807) is 18.3 Å². The smallest absolute Gasteiger partial charge is 0.398 e. The van der Waals surface area contributed by atoms with Gasteiger partial charge in [0.1, 0.15) is 5.73 Å². The van der Waals surface area contributed by atoms with Crippen LogP contribution >= 0.6 is 27.3 Å². The maximum atomic E-state index is 15.0. The van der Waals surface area contributed by atoms with Crippen molar-refractivity contribution < 1.29 is 13.7 Å². The van der Waals surface area contributed by atoms with Gasteiger partial charge >= 0.3 is 7.12 Å². The quantitative estimate of drug-likeness (QED) is 0.580. The van der Waals surface area contributed by atoms with Crippen LogP contribution in [0.5, 0.6) is 0 Å². The van der Waals surface area contributed by atoms with Crippen molar-refractivity contribution in [2.45, 2.75) is 45.8 Å². The zero-order valence-electron chi connectivity index (χ0n) is 13.9. The molecule has 1 aliphatic rings. The second-order valence-electron chi connectivity index (χ2n) is 6.85. The van der Waals surface area contributed by atoms with Gasteiger partial charge in [-0.15, -0.1) is 11.3 Å². The van der Waals surface area contributed by atoms with Crippen LogP contribution < -0.4 is 0 Å². The molecule has 0 aliphatic carbocycles. The molecule has 6 heteroatoms. The van der Waals surface area contributed by atoms with Crippen molar-refractivity contribution >= 4 is 50.0 Å². The van der Waals surface area contributed by atoms with Crippen molar-refractivity contribution in [3.05, 3.63) is 39.3 Å². The number of benzene rings is 1. The summed E-state index contributed by atoms with van der Waals surface area (Å²) in [5, 5.41) is 3.02. The summed E-state index contributed by atoms with van der Waals surface area (Å²) in [6.45, 7) is 9.47. The van der Waals surface area contributed by atoms with E-state index < -0.39 is 18.3 Å². The third kappa shape index (κ3) is 2.91. The number of allylic oxidation sites excluding steroid dienone is 1. The molecular weight excluding hydrogens is 378 g/mol. The predicted octanol–water partition coefficient (Wildman–Crippen LogP) is 6.00. The van der Waals surface area contributed by atoms with Crippen LogP contribution in [0.3, 0.4) is 0 Å². The van der Waals surface area contributed by atoms with Gasteiger partial charge in [0.15, 0.2) is 0 Å². The highest BCUT2D eigenvalue weighted by Gasteiger charge is 2.53. The Labute approximate surface area is 148 Å². The van der Waals surface area contributed by atoms with E-state index in [4.69, 9.17) is 9.31 Å². The summed E-state index contributed by atoms with van der Waals surface area (Å²) in [6.07, 6.45) is 0. The number of thiophene rings is 1. The fourth-order valence-corrected chi connectivity index (χ4v) is 3.90. The molecule has 1 aliphatic heterocycles. The summed E-state index contributed by atoms with van der Waals surface area (Å²) in [5.74, 6) is 0. The van der Waals surface area contributed by atoms with Crippen molar-refractivity contribution in [2.24, 2.45) is 0 Å². The summed E-state index contributed by atoms with van der Waals surface area (Å²) in [4.78, 5) is 0. The van der Waals surface area contributed by atoms with Gasteiger partial charge in [-0.2, -0.15) is 0 Å². The van der Waals surface area contributed by atoms with E-state index in [1.165, 1.54) is 0 Å². The van der Waals surface area contributed by atoms with Gasteiger partial charge in [0.2, 0.25) is 0 Å². The first-order valence-electron chi connectivity index (χ1n) is 7.51. The van der Waals surface area contributed by atoms with Gasteiger partial charge in [-0.25, -0.2) is 4.39 Å². The third-order valence-electron chi connectivity index (χ3n) is 4.76. The maximum Gasteiger partial charge on any atom is 0.525 e. The van der Waals surface area contributed by atoms with Gasteiger partial charge in [-0.05, 0) is 69.3 Å². The first-order chi connectivity index (χ1) is 10.6. The second kappa shape index (κ2) is 5.69. The van der Waals surface area contributed by atoms with Crippen LogP contribution in [-0.4, -0.2) is 18.3 Å². The Bertz CT molecular complexity index is 781. The van der Waals surface area contributed by atoms with Gasteiger partial charge in [0.05, 0.1) is 11.2 Å². The second-order valence-corrected chi connectivity index (χ2v) is 8.68. The van der Waals surface area contributed by atoms with Crippen molar-refractivity contribution in [1.29, 1.82) is 0 Å². The van der Waals surface area contributed by atoms with Crippen LogP contribution in [0.2, 0.25) is 0 Å². The molecule has 0 atom stereocenters. The summed E-state index contributed by atoms with van der Waals surface area (Å²) in [6, 6.07) is 6.04. The minimum atomic E-state index is -0.956. The molecule has 23 heavy (non-hydrogen) atoms. The normalized spacial score (nSPS) is 20.9. The average Bonchev–Trinajstić information content (AvgIpc) is 2.95. The Morgan fingerprint density at radius 1 is 1.17 bits per heavy atom. The highest BCUT2D eigenvalue weighted by molar-refractivity contribution is 9.10. The molecule has 0 unspecified atom stereocenters. The van der Waals surface area contributed by atoms with E-state index in [0.717, 1.165) is 20.1 Å². The van der Waals surface area contributed by atoms with Crippen LogP contribution in [0.25, 0.3) is 15.7 Å². The van der Waals surface area contributed by atoms with E-state index in [2.05, 4.69) is 15.9 Å².